The predicted octanol–water partition coefficient (Wildman–Crippen LogP) is 8.95. The van der Waals surface area contributed by atoms with E-state index in [1.165, 1.54) is 9.36 Å². The summed E-state index contributed by atoms with van der Waals surface area (Å²) in [6.07, 6.45) is 2.33. The Morgan fingerprint density at radius 2 is 0.883 bits per heavy atom. The fourth-order valence-corrected chi connectivity index (χ4v) is 6.46. The Labute approximate surface area is 364 Å². The third-order valence-corrected chi connectivity index (χ3v) is 12.0. The molecule has 3 saturated heterocycles. The number of benzene rings is 2. The largest absolute Gasteiger partial charge is 0.494 e. The van der Waals surface area contributed by atoms with E-state index in [1.54, 1.807) is 12.4 Å². The Morgan fingerprint density at radius 1 is 0.550 bits per heavy atom. The molecule has 2 aromatic heterocycles. The molecule has 0 aliphatic carbocycles. The quantitative estimate of drug-likeness (QED) is 0.177. The lowest BCUT2D eigenvalue weighted by molar-refractivity contribution is 0.00578. The summed E-state index contributed by atoms with van der Waals surface area (Å²) in [6, 6.07) is 11.3. The van der Waals surface area contributed by atoms with E-state index in [-0.39, 0.29) is 22.4 Å². The third-order valence-electron chi connectivity index (χ3n) is 11.5. The summed E-state index contributed by atoms with van der Waals surface area (Å²) in [4.78, 5) is 24.2. The first kappa shape index (κ1) is 47.8. The average Bonchev–Trinajstić information content (AvgIpc) is 3.83. The normalized spacial score (nSPS) is 21.0. The number of hydrogen-bond acceptors (Lipinski definition) is 12. The maximum atomic E-state index is 12.3. The fraction of sp³-hybridized carbons (Fsp3) is 0.619. The molecule has 2 aromatic carbocycles. The zero-order valence-corrected chi connectivity index (χ0v) is 40.2. The van der Waals surface area contributed by atoms with Gasteiger partial charge < -0.3 is 37.4 Å². The lowest BCUT2D eigenvalue weighted by atomic mass is 9.49. The van der Waals surface area contributed by atoms with Crippen molar-refractivity contribution >= 4 is 76.5 Å². The molecule has 4 aromatic rings. The van der Waals surface area contributed by atoms with Gasteiger partial charge in [0.15, 0.2) is 0 Å². The second-order valence-corrected chi connectivity index (χ2v) is 21.3. The number of carbonyl (C=O) groups is 2. The van der Waals surface area contributed by atoms with E-state index in [0.29, 0.717) is 5.52 Å². The highest BCUT2D eigenvalue weighted by Gasteiger charge is 2.63. The summed E-state index contributed by atoms with van der Waals surface area (Å²) in [5, 5.41) is 9.93. The Morgan fingerprint density at radius 3 is 1.25 bits per heavy atom. The van der Waals surface area contributed by atoms with Crippen molar-refractivity contribution in [1.29, 1.82) is 0 Å². The van der Waals surface area contributed by atoms with Crippen LogP contribution in [-0.4, -0.2) is 97.7 Å². The van der Waals surface area contributed by atoms with Crippen molar-refractivity contribution in [2.45, 2.75) is 169 Å². The molecule has 0 bridgehead atoms. The number of ether oxygens (including phenoxy) is 2. The van der Waals surface area contributed by atoms with Crippen LogP contribution in [0.4, 0.5) is 9.59 Å². The van der Waals surface area contributed by atoms with Gasteiger partial charge in [-0.2, -0.15) is 19.6 Å². The van der Waals surface area contributed by atoms with Crippen LogP contribution in [0.2, 0.25) is 0 Å². The van der Waals surface area contributed by atoms with Crippen molar-refractivity contribution in [1.82, 2.24) is 19.6 Å². The maximum Gasteiger partial charge on any atom is 0.494 e. The van der Waals surface area contributed by atoms with Crippen LogP contribution in [0, 0.1) is 0 Å². The minimum atomic E-state index is -0.571. The van der Waals surface area contributed by atoms with E-state index < -0.39 is 55.7 Å². The number of nitrogens with zero attached hydrogens (tertiary/aromatic N) is 4. The maximum absolute atomic E-state index is 12.3. The number of carbonyl (C=O) groups excluding carboxylic acids is 2. The van der Waals surface area contributed by atoms with E-state index in [2.05, 4.69) is 26.1 Å². The van der Waals surface area contributed by atoms with Gasteiger partial charge in [-0.1, -0.05) is 28.1 Å². The summed E-state index contributed by atoms with van der Waals surface area (Å²) in [7, 11) is -1.40. The van der Waals surface area contributed by atoms with Gasteiger partial charge in [-0.15, -0.1) is 0 Å². The molecule has 60 heavy (non-hydrogen) atoms. The van der Waals surface area contributed by atoms with E-state index in [0.717, 1.165) is 26.2 Å². The van der Waals surface area contributed by atoms with Crippen LogP contribution in [0.3, 0.4) is 0 Å². The highest BCUT2D eigenvalue weighted by molar-refractivity contribution is 9.10. The molecule has 0 N–H and O–H groups in total. The smallest absolute Gasteiger partial charge is 0.442 e. The van der Waals surface area contributed by atoms with Crippen molar-refractivity contribution in [3.8, 4) is 0 Å². The van der Waals surface area contributed by atoms with E-state index in [9.17, 15) is 9.59 Å². The van der Waals surface area contributed by atoms with Crippen LogP contribution >= 0.6 is 15.9 Å². The van der Waals surface area contributed by atoms with Crippen LogP contribution in [0.5, 0.6) is 0 Å². The summed E-state index contributed by atoms with van der Waals surface area (Å²) in [6.45, 7) is 35.2. The lowest BCUT2D eigenvalue weighted by Crippen LogP contribution is -2.41. The van der Waals surface area contributed by atoms with Crippen LogP contribution in [0.1, 0.15) is 125 Å². The topological polar surface area (TPSA) is 144 Å². The molecule has 18 heteroatoms. The van der Waals surface area contributed by atoms with E-state index in [1.807, 2.05) is 161 Å². The summed E-state index contributed by atoms with van der Waals surface area (Å²) in [5.74, 6) is 0. The molecule has 3 fully saturated rings. The zero-order valence-electron chi connectivity index (χ0n) is 38.6. The highest BCUT2D eigenvalue weighted by Crippen LogP contribution is 2.43. The number of fused-ring (bicyclic) bond motifs is 2. The third kappa shape index (κ3) is 10.3. The molecule has 5 heterocycles. The SMILES string of the molecule is CC(C)(C)OC(=O)n1ncc2cc(B3OC(C)(C)C(C)(C)O3)ccc21.CC(C)(C)OC(=O)n1ncc2cc(Br)ccc21.CC1(C)OB(B2OC(C)(C)C(C)(C)O2)OC1(C)C. The van der Waals surface area contributed by atoms with Gasteiger partial charge in [-0.25, -0.2) is 9.59 Å². The average molecular weight is 895 g/mol. The number of hydrogen-bond donors (Lipinski definition) is 0. The van der Waals surface area contributed by atoms with Gasteiger partial charge >= 0.3 is 33.3 Å². The van der Waals surface area contributed by atoms with Crippen molar-refractivity contribution in [3.05, 3.63) is 53.3 Å². The Kier molecular flexibility index (Phi) is 12.9. The van der Waals surface area contributed by atoms with Gasteiger partial charge in [0.2, 0.25) is 0 Å². The first-order valence-electron chi connectivity index (χ1n) is 20.3. The van der Waals surface area contributed by atoms with E-state index >= 15 is 0 Å². The second-order valence-electron chi connectivity index (χ2n) is 20.4. The Hall–Kier alpha value is -3.25. The van der Waals surface area contributed by atoms with Crippen molar-refractivity contribution in [3.63, 3.8) is 0 Å². The van der Waals surface area contributed by atoms with Gasteiger partial charge in [0.25, 0.3) is 0 Å². The van der Waals surface area contributed by atoms with Crippen LogP contribution in [0.15, 0.2) is 53.3 Å². The summed E-state index contributed by atoms with van der Waals surface area (Å²) >= 11 is 3.37. The number of rotatable bonds is 2. The highest BCUT2D eigenvalue weighted by atomic mass is 79.9. The van der Waals surface area contributed by atoms with Gasteiger partial charge in [0.1, 0.15) is 11.2 Å². The van der Waals surface area contributed by atoms with Crippen molar-refractivity contribution < 1.29 is 47.0 Å². The molecule has 14 nitrogen and oxygen atoms in total. The van der Waals surface area contributed by atoms with Gasteiger partial charge in [0.05, 0.1) is 57.0 Å². The van der Waals surface area contributed by atoms with Crippen LogP contribution in [-0.2, 0) is 37.4 Å². The molecule has 3 aliphatic heterocycles. The molecule has 326 valence electrons. The number of halogens is 1. The molecule has 3 aliphatic rings. The van der Waals surface area contributed by atoms with Gasteiger partial charge in [0, 0.05) is 15.2 Å². The summed E-state index contributed by atoms with van der Waals surface area (Å²) < 4.78 is 50.2. The van der Waals surface area contributed by atoms with Crippen LogP contribution < -0.4 is 5.46 Å². The van der Waals surface area contributed by atoms with Gasteiger partial charge in [-0.3, -0.25) is 0 Å². The molecule has 0 spiro atoms. The lowest BCUT2D eigenvalue weighted by Gasteiger charge is -2.32. The number of aromatic nitrogens is 4. The van der Waals surface area contributed by atoms with Crippen LogP contribution in [0.25, 0.3) is 21.8 Å². The van der Waals surface area contributed by atoms with Gasteiger partial charge in [-0.05, 0) is 154 Å². The Bertz CT molecular complexity index is 2140. The predicted molar refractivity (Wildman–Crippen MR) is 238 cm³/mol. The standard InChI is InChI=1S/C18H25BN2O4.C12H24B2O4.C12H13BrN2O2/c1-16(2,3)23-15(22)21-14-9-8-13(10-12(14)11-20-21)19-24-17(4,5)18(6,7)25-19;1-9(2)10(3,4)16-13(15-9)14-17-11(5,6)12(7,8)18-14;1-12(2,3)17-11(16)15-10-5-4-9(13)6-8(10)7-14-15/h8-11H,1-7H3;1-8H3;4-7H,1-3H3. The second kappa shape index (κ2) is 16.1. The van der Waals surface area contributed by atoms with Crippen molar-refractivity contribution in [2.24, 2.45) is 0 Å². The molecule has 0 atom stereocenters. The molecular formula is C42H62B3BrN4O10. The molecule has 0 saturated carbocycles. The fourth-order valence-electron chi connectivity index (χ4n) is 6.08. The first-order chi connectivity index (χ1) is 27.1. The molecule has 0 amide bonds. The summed E-state index contributed by atoms with van der Waals surface area (Å²) in [5.41, 5.74) is -0.999. The van der Waals surface area contributed by atoms with E-state index in [4.69, 9.17) is 37.4 Å². The molecule has 0 unspecified atom stereocenters. The monoisotopic (exact) mass is 894 g/mol. The first-order valence-corrected chi connectivity index (χ1v) is 21.1. The molecular weight excluding hydrogens is 833 g/mol. The Balaban J connectivity index is 0.000000175. The molecule has 7 rings (SSSR count). The molecule has 0 radical (unpaired) electrons. The van der Waals surface area contributed by atoms with Crippen molar-refractivity contribution in [2.75, 3.05) is 0 Å². The minimum absolute atomic E-state index is 0.360. The minimum Gasteiger partial charge on any atom is -0.442 e. The zero-order chi connectivity index (χ0) is 45.2.